The van der Waals surface area contributed by atoms with E-state index >= 15 is 0 Å². The van der Waals surface area contributed by atoms with E-state index in [2.05, 4.69) is 0 Å². The van der Waals surface area contributed by atoms with E-state index in [1.807, 2.05) is 0 Å². The van der Waals surface area contributed by atoms with E-state index in [9.17, 15) is 19.7 Å². The highest BCUT2D eigenvalue weighted by Gasteiger charge is 2.33. The number of rotatable bonds is 4. The molecule has 0 aliphatic carbocycles. The second-order valence-corrected chi connectivity index (χ2v) is 8.35. The lowest BCUT2D eigenvalue weighted by molar-refractivity contribution is -0.384. The standard InChI is InChI=1S/C20H11ClN2O5S2/c21-17-13-3-1-2-4-15(13)28-19(25)14(17)10-22-18(24)16(30-20(22)29)9-11-5-7-12(8-6-11)23(26)27/h1-9H,10H2/b16-9-. The van der Waals surface area contributed by atoms with Crippen molar-refractivity contribution in [1.82, 2.24) is 4.90 Å². The molecule has 10 heteroatoms. The Balaban J connectivity index is 1.63. The molecule has 1 aromatic heterocycles. The van der Waals surface area contributed by atoms with Crippen LogP contribution in [0.2, 0.25) is 5.02 Å². The van der Waals surface area contributed by atoms with Crippen molar-refractivity contribution in [1.29, 1.82) is 0 Å². The molecule has 0 spiro atoms. The highest BCUT2D eigenvalue weighted by Crippen LogP contribution is 2.35. The van der Waals surface area contributed by atoms with Crippen molar-refractivity contribution < 1.29 is 14.1 Å². The summed E-state index contributed by atoms with van der Waals surface area (Å²) < 4.78 is 5.58. The predicted octanol–water partition coefficient (Wildman–Crippen LogP) is 4.76. The molecule has 1 saturated heterocycles. The Morgan fingerprint density at radius 2 is 1.87 bits per heavy atom. The van der Waals surface area contributed by atoms with Gasteiger partial charge >= 0.3 is 5.63 Å². The van der Waals surface area contributed by atoms with Crippen molar-refractivity contribution in [3.05, 3.63) is 90.1 Å². The van der Waals surface area contributed by atoms with Gasteiger partial charge in [0.05, 0.1) is 27.0 Å². The topological polar surface area (TPSA) is 93.7 Å². The maximum atomic E-state index is 12.9. The minimum atomic E-state index is -0.632. The van der Waals surface area contributed by atoms with E-state index in [0.29, 0.717) is 21.4 Å². The van der Waals surface area contributed by atoms with E-state index < -0.39 is 10.5 Å². The molecule has 2 aromatic carbocycles. The zero-order valence-electron chi connectivity index (χ0n) is 15.0. The van der Waals surface area contributed by atoms with Crippen molar-refractivity contribution in [3.63, 3.8) is 0 Å². The molecular formula is C20H11ClN2O5S2. The summed E-state index contributed by atoms with van der Waals surface area (Å²) in [5, 5.41) is 11.6. The van der Waals surface area contributed by atoms with Gasteiger partial charge in [0.1, 0.15) is 9.90 Å². The third kappa shape index (κ3) is 3.74. The van der Waals surface area contributed by atoms with Crippen LogP contribution in [-0.4, -0.2) is 20.1 Å². The van der Waals surface area contributed by atoms with Gasteiger partial charge in [-0.25, -0.2) is 4.79 Å². The van der Waals surface area contributed by atoms with Crippen LogP contribution in [0.3, 0.4) is 0 Å². The fraction of sp³-hybridized carbons (Fsp3) is 0.0500. The molecule has 0 saturated carbocycles. The second kappa shape index (κ2) is 8.02. The average molecular weight is 459 g/mol. The van der Waals surface area contributed by atoms with Crippen molar-refractivity contribution in [3.8, 4) is 0 Å². The van der Waals surface area contributed by atoms with E-state index in [0.717, 1.165) is 11.8 Å². The maximum Gasteiger partial charge on any atom is 0.342 e. The van der Waals surface area contributed by atoms with E-state index in [-0.39, 0.29) is 33.0 Å². The summed E-state index contributed by atoms with van der Waals surface area (Å²) in [6, 6.07) is 12.6. The van der Waals surface area contributed by atoms with Crippen LogP contribution in [0, 0.1) is 10.1 Å². The number of thioether (sulfide) groups is 1. The van der Waals surface area contributed by atoms with Gasteiger partial charge in [0.2, 0.25) is 0 Å². The average Bonchev–Trinajstić information content (AvgIpc) is 2.98. The quantitative estimate of drug-likeness (QED) is 0.183. The lowest BCUT2D eigenvalue weighted by Gasteiger charge is -2.15. The number of halogens is 1. The third-order valence-corrected chi connectivity index (χ3v) is 6.24. The monoisotopic (exact) mass is 458 g/mol. The highest BCUT2D eigenvalue weighted by molar-refractivity contribution is 8.26. The Hall–Kier alpha value is -3.01. The molecule has 0 N–H and O–H groups in total. The summed E-state index contributed by atoms with van der Waals surface area (Å²) in [5.74, 6) is -0.382. The predicted molar refractivity (Wildman–Crippen MR) is 119 cm³/mol. The van der Waals surface area contributed by atoms with Crippen LogP contribution in [0.4, 0.5) is 5.69 Å². The number of hydrogen-bond acceptors (Lipinski definition) is 7. The van der Waals surface area contributed by atoms with Gasteiger partial charge in [-0.2, -0.15) is 0 Å². The smallest absolute Gasteiger partial charge is 0.342 e. The Labute approximate surface area is 184 Å². The van der Waals surface area contributed by atoms with Crippen LogP contribution < -0.4 is 5.63 Å². The highest BCUT2D eigenvalue weighted by atomic mass is 35.5. The normalized spacial score (nSPS) is 15.4. The largest absolute Gasteiger partial charge is 0.422 e. The molecule has 0 bridgehead atoms. The molecule has 30 heavy (non-hydrogen) atoms. The number of non-ortho nitro benzene ring substituents is 1. The number of para-hydroxylation sites is 1. The molecule has 0 unspecified atom stereocenters. The molecule has 0 atom stereocenters. The van der Waals surface area contributed by atoms with Crippen LogP contribution in [0.15, 0.2) is 62.6 Å². The molecule has 1 amide bonds. The molecule has 4 rings (SSSR count). The Morgan fingerprint density at radius 3 is 2.57 bits per heavy atom. The van der Waals surface area contributed by atoms with Gasteiger partial charge in [0.15, 0.2) is 0 Å². The number of nitro groups is 1. The van der Waals surface area contributed by atoms with Crippen molar-refractivity contribution in [2.45, 2.75) is 6.54 Å². The van der Waals surface area contributed by atoms with Gasteiger partial charge in [0.25, 0.3) is 11.6 Å². The van der Waals surface area contributed by atoms with E-state index in [4.69, 9.17) is 28.2 Å². The van der Waals surface area contributed by atoms with Gasteiger partial charge in [-0.15, -0.1) is 0 Å². The molecule has 1 aliphatic heterocycles. The summed E-state index contributed by atoms with van der Waals surface area (Å²) in [6.07, 6.45) is 1.59. The minimum Gasteiger partial charge on any atom is -0.422 e. The van der Waals surface area contributed by atoms with Crippen molar-refractivity contribution >= 4 is 68.5 Å². The first-order valence-corrected chi connectivity index (χ1v) is 10.2. The first-order valence-electron chi connectivity index (χ1n) is 8.55. The summed E-state index contributed by atoms with van der Waals surface area (Å²) >= 11 is 12.8. The number of nitro benzene ring substituents is 1. The van der Waals surface area contributed by atoms with Gasteiger partial charge < -0.3 is 4.42 Å². The molecule has 3 aromatic rings. The van der Waals surface area contributed by atoms with Crippen LogP contribution in [-0.2, 0) is 11.3 Å². The fourth-order valence-corrected chi connectivity index (χ4v) is 4.47. The number of fused-ring (bicyclic) bond motifs is 1. The molecule has 1 aliphatic rings. The van der Waals surface area contributed by atoms with Gasteiger partial charge in [-0.1, -0.05) is 47.7 Å². The first kappa shape index (κ1) is 20.3. The van der Waals surface area contributed by atoms with Gasteiger partial charge in [-0.3, -0.25) is 19.8 Å². The van der Waals surface area contributed by atoms with Crippen molar-refractivity contribution in [2.75, 3.05) is 0 Å². The van der Waals surface area contributed by atoms with Crippen LogP contribution in [0.25, 0.3) is 17.0 Å². The summed E-state index contributed by atoms with van der Waals surface area (Å²) in [6.45, 7) is -0.117. The minimum absolute atomic E-state index is 0.0441. The maximum absolute atomic E-state index is 12.9. The number of carbonyl (C=O) groups is 1. The number of benzene rings is 2. The number of amides is 1. The Bertz CT molecular complexity index is 1300. The SMILES string of the molecule is O=C1/C(=C/c2ccc([N+](=O)[O-])cc2)SC(=S)N1Cc1c(Cl)c2ccccc2oc1=O. The molecule has 2 heterocycles. The Morgan fingerprint density at radius 1 is 1.17 bits per heavy atom. The number of thiocarbonyl (C=S) groups is 1. The Kier molecular flexibility index (Phi) is 5.42. The van der Waals surface area contributed by atoms with Crippen molar-refractivity contribution in [2.24, 2.45) is 0 Å². The van der Waals surface area contributed by atoms with Gasteiger partial charge in [0, 0.05) is 17.5 Å². The first-order chi connectivity index (χ1) is 14.3. The zero-order valence-corrected chi connectivity index (χ0v) is 17.4. The second-order valence-electron chi connectivity index (χ2n) is 6.29. The summed E-state index contributed by atoms with van der Waals surface area (Å²) in [7, 11) is 0. The summed E-state index contributed by atoms with van der Waals surface area (Å²) in [4.78, 5) is 37.2. The van der Waals surface area contributed by atoms with E-state index in [1.165, 1.54) is 17.0 Å². The molecule has 7 nitrogen and oxygen atoms in total. The van der Waals surface area contributed by atoms with E-state index in [1.54, 1.807) is 42.5 Å². The van der Waals surface area contributed by atoms with Gasteiger partial charge in [-0.05, 0) is 35.9 Å². The number of carbonyl (C=O) groups excluding carboxylic acids is 1. The van der Waals surface area contributed by atoms with Crippen LogP contribution in [0.1, 0.15) is 11.1 Å². The molecule has 150 valence electrons. The lowest BCUT2D eigenvalue weighted by atomic mass is 10.1. The third-order valence-electron chi connectivity index (χ3n) is 4.43. The summed E-state index contributed by atoms with van der Waals surface area (Å²) in [5.41, 5.74) is 0.441. The van der Waals surface area contributed by atoms with Crippen LogP contribution >= 0.6 is 35.6 Å². The number of nitrogens with zero attached hydrogens (tertiary/aromatic N) is 2. The fourth-order valence-electron chi connectivity index (χ4n) is 2.92. The zero-order chi connectivity index (χ0) is 21.4. The van der Waals surface area contributed by atoms with Crippen LogP contribution in [0.5, 0.6) is 0 Å². The molecule has 1 fully saturated rings. The lowest BCUT2D eigenvalue weighted by Crippen LogP contribution is -2.30. The molecular weight excluding hydrogens is 448 g/mol. The molecule has 0 radical (unpaired) electrons. The number of hydrogen-bond donors (Lipinski definition) is 0.